The number of likely N-dealkylation sites (N-methyl/N-ethyl adjacent to an activating group) is 1. The van der Waals surface area contributed by atoms with E-state index in [0.717, 1.165) is 16.8 Å². The molecule has 3 heterocycles. The quantitative estimate of drug-likeness (QED) is 0.422. The zero-order valence-electron chi connectivity index (χ0n) is 21.8. The monoisotopic (exact) mass is 530 g/mol. The van der Waals surface area contributed by atoms with Gasteiger partial charge in [-0.2, -0.15) is 4.31 Å². The van der Waals surface area contributed by atoms with Crippen molar-refractivity contribution in [3.8, 4) is 28.4 Å². The lowest BCUT2D eigenvalue weighted by Gasteiger charge is -2.39. The van der Waals surface area contributed by atoms with Crippen molar-refractivity contribution in [3.05, 3.63) is 41.8 Å². The third kappa shape index (κ3) is 6.27. The zero-order valence-corrected chi connectivity index (χ0v) is 22.6. The summed E-state index contributed by atoms with van der Waals surface area (Å²) in [4.78, 5) is 11.8. The van der Waals surface area contributed by atoms with Gasteiger partial charge in [-0.1, -0.05) is 17.3 Å². The predicted molar refractivity (Wildman–Crippen MR) is 141 cm³/mol. The van der Waals surface area contributed by atoms with Crippen LogP contribution in [0.5, 0.6) is 5.75 Å². The number of nitrogens with one attached hydrogen (secondary N) is 1. The molecule has 0 aliphatic carbocycles. The summed E-state index contributed by atoms with van der Waals surface area (Å²) in [5, 5.41) is 17.0. The fourth-order valence-corrected chi connectivity index (χ4v) is 5.69. The molecule has 4 rings (SSSR count). The number of hydrogen-bond donors (Lipinski definition) is 2. The molecule has 1 aromatic carbocycles. The van der Waals surface area contributed by atoms with Gasteiger partial charge in [-0.05, 0) is 40.0 Å². The first-order chi connectivity index (χ1) is 17.6. The van der Waals surface area contributed by atoms with Gasteiger partial charge in [0, 0.05) is 43.9 Å². The van der Waals surface area contributed by atoms with Gasteiger partial charge in [0.05, 0.1) is 23.2 Å². The highest BCUT2D eigenvalue weighted by Gasteiger charge is 2.31. The lowest BCUT2D eigenvalue weighted by molar-refractivity contribution is 0.108. The van der Waals surface area contributed by atoms with E-state index in [1.165, 1.54) is 10.6 Å². The molecule has 0 bridgehead atoms. The van der Waals surface area contributed by atoms with Gasteiger partial charge in [-0.25, -0.2) is 18.4 Å². The number of hydrogen-bond acceptors (Lipinski definition) is 10. The first kappa shape index (κ1) is 27.0. The number of benzene rings is 1. The van der Waals surface area contributed by atoms with Crippen LogP contribution in [0.4, 0.5) is 5.82 Å². The number of rotatable bonds is 9. The Morgan fingerprint density at radius 1 is 1.24 bits per heavy atom. The second kappa shape index (κ2) is 11.1. The Bertz CT molecular complexity index is 1330. The van der Waals surface area contributed by atoms with E-state index in [-0.39, 0.29) is 12.6 Å². The van der Waals surface area contributed by atoms with Crippen molar-refractivity contribution >= 4 is 15.8 Å². The predicted octanol–water partition coefficient (Wildman–Crippen LogP) is 1.84. The van der Waals surface area contributed by atoms with Crippen LogP contribution in [-0.2, 0) is 10.0 Å². The minimum Gasteiger partial charge on any atom is -0.491 e. The molecule has 1 saturated heterocycles. The standard InChI is InChI=1S/C25H34N6O5S/c1-16-14-30(9-10-31(16)37(5,33)34)23-12-22(24-17(2)29-36-18(24)3)27-25(28-23)19-7-6-8-21(11-19)35-15-20(32)13-26-4/h6-8,11-12,16,20,26,32H,9-10,13-15H2,1-5H3. The summed E-state index contributed by atoms with van der Waals surface area (Å²) in [7, 11) is -1.52. The van der Waals surface area contributed by atoms with E-state index >= 15 is 0 Å². The molecule has 0 saturated carbocycles. The van der Waals surface area contributed by atoms with Crippen LogP contribution < -0.4 is 15.0 Å². The number of ether oxygens (including phenoxy) is 1. The summed E-state index contributed by atoms with van der Waals surface area (Å²) >= 11 is 0. The van der Waals surface area contributed by atoms with Crippen LogP contribution in [0, 0.1) is 13.8 Å². The van der Waals surface area contributed by atoms with Crippen molar-refractivity contribution in [1.82, 2.24) is 24.7 Å². The topological polar surface area (TPSA) is 134 Å². The van der Waals surface area contributed by atoms with Crippen molar-refractivity contribution < 1.29 is 22.8 Å². The number of anilines is 1. The third-order valence-electron chi connectivity index (χ3n) is 6.29. The molecule has 2 atom stereocenters. The first-order valence-corrected chi connectivity index (χ1v) is 14.0. The normalized spacial score (nSPS) is 17.7. The van der Waals surface area contributed by atoms with Crippen molar-refractivity contribution in [3.63, 3.8) is 0 Å². The molecule has 11 nitrogen and oxygen atoms in total. The second-order valence-electron chi connectivity index (χ2n) is 9.35. The minimum atomic E-state index is -3.29. The fourth-order valence-electron chi connectivity index (χ4n) is 4.56. The van der Waals surface area contributed by atoms with E-state index in [9.17, 15) is 13.5 Å². The number of aliphatic hydroxyl groups is 1. The Labute approximate surface area is 217 Å². The van der Waals surface area contributed by atoms with E-state index in [2.05, 4.69) is 15.4 Å². The fraction of sp³-hybridized carbons (Fsp3) is 0.480. The van der Waals surface area contributed by atoms with Gasteiger partial charge in [0.2, 0.25) is 10.0 Å². The highest BCUT2D eigenvalue weighted by molar-refractivity contribution is 7.88. The van der Waals surface area contributed by atoms with Gasteiger partial charge in [0.15, 0.2) is 5.82 Å². The van der Waals surface area contributed by atoms with Gasteiger partial charge in [-0.3, -0.25) is 0 Å². The molecule has 3 aromatic rings. The highest BCUT2D eigenvalue weighted by Crippen LogP contribution is 2.32. The number of aryl methyl sites for hydroxylation is 2. The summed E-state index contributed by atoms with van der Waals surface area (Å²) in [6.07, 6.45) is 0.608. The van der Waals surface area contributed by atoms with Crippen LogP contribution >= 0.6 is 0 Å². The van der Waals surface area contributed by atoms with Crippen LogP contribution in [0.25, 0.3) is 22.6 Å². The molecule has 2 aromatic heterocycles. The maximum absolute atomic E-state index is 12.2. The Morgan fingerprint density at radius 3 is 2.68 bits per heavy atom. The molecule has 0 radical (unpaired) electrons. The zero-order chi connectivity index (χ0) is 26.7. The van der Waals surface area contributed by atoms with Crippen molar-refractivity contribution in [2.24, 2.45) is 0 Å². The molecule has 1 aliphatic rings. The van der Waals surface area contributed by atoms with Crippen LogP contribution in [0.2, 0.25) is 0 Å². The molecule has 2 unspecified atom stereocenters. The largest absolute Gasteiger partial charge is 0.491 e. The molecule has 200 valence electrons. The lowest BCUT2D eigenvalue weighted by Crippen LogP contribution is -2.53. The number of aliphatic hydroxyl groups excluding tert-OH is 1. The number of nitrogens with zero attached hydrogens (tertiary/aromatic N) is 5. The van der Waals surface area contributed by atoms with Crippen LogP contribution in [-0.4, -0.2) is 91.2 Å². The molecule has 37 heavy (non-hydrogen) atoms. The van der Waals surface area contributed by atoms with Crippen LogP contribution in [0.15, 0.2) is 34.9 Å². The molecular formula is C25H34N6O5S. The van der Waals surface area contributed by atoms with Crippen LogP contribution in [0.1, 0.15) is 18.4 Å². The summed E-state index contributed by atoms with van der Waals surface area (Å²) in [6, 6.07) is 9.11. The Morgan fingerprint density at radius 2 is 2.03 bits per heavy atom. The van der Waals surface area contributed by atoms with E-state index in [0.29, 0.717) is 55.0 Å². The van der Waals surface area contributed by atoms with Gasteiger partial charge < -0.3 is 24.6 Å². The van der Waals surface area contributed by atoms with E-state index < -0.39 is 16.1 Å². The van der Waals surface area contributed by atoms with Crippen molar-refractivity contribution in [2.75, 3.05) is 51.0 Å². The van der Waals surface area contributed by atoms with Crippen LogP contribution in [0.3, 0.4) is 0 Å². The van der Waals surface area contributed by atoms with Gasteiger partial charge >= 0.3 is 0 Å². The maximum atomic E-state index is 12.2. The molecule has 1 fully saturated rings. The molecule has 12 heteroatoms. The molecule has 0 spiro atoms. The minimum absolute atomic E-state index is 0.151. The summed E-state index contributed by atoms with van der Waals surface area (Å²) < 4.78 is 37.0. The van der Waals surface area contributed by atoms with Gasteiger partial charge in [0.1, 0.15) is 30.0 Å². The summed E-state index contributed by atoms with van der Waals surface area (Å²) in [5.74, 6) is 2.43. The number of aromatic nitrogens is 3. The first-order valence-electron chi connectivity index (χ1n) is 12.2. The smallest absolute Gasteiger partial charge is 0.211 e. The van der Waals surface area contributed by atoms with Crippen molar-refractivity contribution in [1.29, 1.82) is 0 Å². The average Bonchev–Trinajstić information content (AvgIpc) is 3.19. The van der Waals surface area contributed by atoms with Gasteiger partial charge in [0.25, 0.3) is 0 Å². The Balaban J connectivity index is 1.70. The second-order valence-corrected chi connectivity index (χ2v) is 11.3. The summed E-state index contributed by atoms with van der Waals surface area (Å²) in [6.45, 7) is 7.55. The Hall–Kier alpha value is -3.06. The highest BCUT2D eigenvalue weighted by atomic mass is 32.2. The molecule has 2 N–H and O–H groups in total. The lowest BCUT2D eigenvalue weighted by atomic mass is 10.1. The molecular weight excluding hydrogens is 496 g/mol. The van der Waals surface area contributed by atoms with E-state index in [4.69, 9.17) is 19.2 Å². The maximum Gasteiger partial charge on any atom is 0.211 e. The number of sulfonamides is 1. The number of piperazine rings is 1. The van der Waals surface area contributed by atoms with E-state index in [1.54, 1.807) is 7.05 Å². The third-order valence-corrected chi connectivity index (χ3v) is 7.69. The SMILES string of the molecule is CNCC(O)COc1cccc(-c2nc(-c3c(C)noc3C)cc(N3CCN(S(C)(=O)=O)C(C)C3)n2)c1. The summed E-state index contributed by atoms with van der Waals surface area (Å²) in [5.41, 5.74) is 2.94. The Kier molecular flexibility index (Phi) is 8.12. The average molecular weight is 531 g/mol. The molecule has 1 aliphatic heterocycles. The van der Waals surface area contributed by atoms with E-state index in [1.807, 2.05) is 51.1 Å². The van der Waals surface area contributed by atoms with Crippen molar-refractivity contribution in [2.45, 2.75) is 32.9 Å². The van der Waals surface area contributed by atoms with Gasteiger partial charge in [-0.15, -0.1) is 0 Å². The molecule has 0 amide bonds.